The number of fused-ring (bicyclic) bond motifs is 5. The van der Waals surface area contributed by atoms with E-state index in [-0.39, 0.29) is 11.6 Å². The van der Waals surface area contributed by atoms with E-state index in [1.807, 2.05) is 6.07 Å². The van der Waals surface area contributed by atoms with Crippen molar-refractivity contribution in [2.75, 3.05) is 19.1 Å². The van der Waals surface area contributed by atoms with Crippen molar-refractivity contribution in [3.63, 3.8) is 0 Å². The van der Waals surface area contributed by atoms with Crippen molar-refractivity contribution < 1.29 is 9.47 Å². The molecular weight excluding hydrogens is 382 g/mol. The molecule has 2 aromatic rings. The van der Waals surface area contributed by atoms with Crippen molar-refractivity contribution in [1.82, 2.24) is 0 Å². The molecule has 2 atom stereocenters. The molecule has 3 nitrogen and oxygen atoms in total. The minimum atomic E-state index is -0.0151. The number of allylic oxidation sites excluding steroid dienone is 2. The number of hydrogen-bond donors (Lipinski definition) is 0. The van der Waals surface area contributed by atoms with Gasteiger partial charge < -0.3 is 14.4 Å². The fraction of sp³-hybridized carbons (Fsp3) is 0.429. The van der Waals surface area contributed by atoms with Gasteiger partial charge in [-0.2, -0.15) is 0 Å². The summed E-state index contributed by atoms with van der Waals surface area (Å²) in [5.74, 6) is 2.21. The largest absolute Gasteiger partial charge is 0.497 e. The third-order valence-corrected chi connectivity index (χ3v) is 7.42. The molecule has 31 heavy (non-hydrogen) atoms. The maximum absolute atomic E-state index is 6.80. The van der Waals surface area contributed by atoms with E-state index in [4.69, 9.17) is 9.47 Å². The molecule has 0 fully saturated rings. The lowest BCUT2D eigenvalue weighted by atomic mass is 9.76. The van der Waals surface area contributed by atoms with Gasteiger partial charge in [-0.05, 0) is 82.4 Å². The van der Waals surface area contributed by atoms with Crippen LogP contribution in [0, 0.1) is 5.92 Å². The number of likely N-dealkylation sites (N-methyl/N-ethyl adjacent to an activating group) is 1. The highest BCUT2D eigenvalue weighted by molar-refractivity contribution is 5.90. The monoisotopic (exact) mass is 415 g/mol. The highest BCUT2D eigenvalue weighted by Crippen LogP contribution is 2.53. The first-order chi connectivity index (χ1) is 14.8. The van der Waals surface area contributed by atoms with Gasteiger partial charge >= 0.3 is 0 Å². The van der Waals surface area contributed by atoms with E-state index >= 15 is 0 Å². The molecule has 3 heteroatoms. The van der Waals surface area contributed by atoms with Crippen LogP contribution in [0.15, 0.2) is 48.1 Å². The third-order valence-electron chi connectivity index (χ3n) is 7.42. The molecule has 5 rings (SSSR count). The number of anilines is 1. The molecular formula is C28H33NO2. The van der Waals surface area contributed by atoms with Crippen LogP contribution < -0.4 is 14.4 Å². The van der Waals surface area contributed by atoms with E-state index in [0.29, 0.717) is 5.92 Å². The molecule has 2 unspecified atom stereocenters. The van der Waals surface area contributed by atoms with Crippen molar-refractivity contribution in [2.45, 2.75) is 58.6 Å². The van der Waals surface area contributed by atoms with Crippen molar-refractivity contribution in [3.05, 3.63) is 59.2 Å². The normalized spacial score (nSPS) is 23.6. The Kier molecular flexibility index (Phi) is 4.69. The van der Waals surface area contributed by atoms with E-state index in [1.54, 1.807) is 7.11 Å². The van der Waals surface area contributed by atoms with Gasteiger partial charge in [0.25, 0.3) is 0 Å². The molecule has 0 spiro atoms. The number of ether oxygens (including phenoxy) is 2. The predicted molar refractivity (Wildman–Crippen MR) is 129 cm³/mol. The minimum absolute atomic E-state index is 0.0151. The molecule has 2 aromatic carbocycles. The molecule has 0 N–H and O–H groups in total. The van der Waals surface area contributed by atoms with Gasteiger partial charge in [-0.1, -0.05) is 23.8 Å². The zero-order valence-corrected chi connectivity index (χ0v) is 19.6. The van der Waals surface area contributed by atoms with E-state index in [9.17, 15) is 0 Å². The van der Waals surface area contributed by atoms with Crippen LogP contribution in [0.4, 0.5) is 5.69 Å². The van der Waals surface area contributed by atoms with Crippen molar-refractivity contribution in [1.29, 1.82) is 0 Å². The van der Waals surface area contributed by atoms with Crippen LogP contribution in [0.2, 0.25) is 0 Å². The fourth-order valence-corrected chi connectivity index (χ4v) is 5.68. The van der Waals surface area contributed by atoms with Crippen LogP contribution in [-0.2, 0) is 0 Å². The summed E-state index contributed by atoms with van der Waals surface area (Å²) < 4.78 is 12.3. The second-order valence-corrected chi connectivity index (χ2v) is 9.93. The molecule has 0 bridgehead atoms. The van der Waals surface area contributed by atoms with Gasteiger partial charge in [0.15, 0.2) is 0 Å². The Balaban J connectivity index is 1.78. The van der Waals surface area contributed by atoms with Crippen LogP contribution in [0.5, 0.6) is 11.5 Å². The third kappa shape index (κ3) is 3.17. The molecule has 2 heterocycles. The molecule has 0 radical (unpaired) electrons. The first-order valence-electron chi connectivity index (χ1n) is 11.4. The van der Waals surface area contributed by atoms with Crippen LogP contribution in [0.1, 0.15) is 64.2 Å². The number of methoxy groups -OCH3 is 1. The topological polar surface area (TPSA) is 21.7 Å². The predicted octanol–water partition coefficient (Wildman–Crippen LogP) is 7.17. The van der Waals surface area contributed by atoms with Gasteiger partial charge in [0, 0.05) is 35.3 Å². The standard InChI is InChI=1S/C28H33NO2/c1-17-8-7-9-19(14-17)27-26-21(22-15-20(30-6)10-13-24(22)31-27)11-12-23-25(26)18(2)16-28(3,4)29(23)5/h10-16,19,27H,7-9H2,1-6H3. The summed E-state index contributed by atoms with van der Waals surface area (Å²) in [6.07, 6.45) is 8.48. The second-order valence-electron chi connectivity index (χ2n) is 9.93. The number of nitrogens with zero attached hydrogens (tertiary/aromatic N) is 1. The Labute approximate surface area is 186 Å². The van der Waals surface area contributed by atoms with E-state index in [0.717, 1.165) is 17.1 Å². The number of hydrogen-bond acceptors (Lipinski definition) is 3. The van der Waals surface area contributed by atoms with Crippen molar-refractivity contribution in [3.8, 4) is 22.6 Å². The van der Waals surface area contributed by atoms with Crippen LogP contribution in [-0.4, -0.2) is 19.7 Å². The Bertz CT molecular complexity index is 1110. The fourth-order valence-electron chi connectivity index (χ4n) is 5.68. The highest BCUT2D eigenvalue weighted by atomic mass is 16.5. The second kappa shape index (κ2) is 7.19. The van der Waals surface area contributed by atoms with E-state index < -0.39 is 0 Å². The molecule has 0 amide bonds. The lowest BCUT2D eigenvalue weighted by molar-refractivity contribution is 0.145. The van der Waals surface area contributed by atoms with Gasteiger partial charge in [-0.3, -0.25) is 0 Å². The van der Waals surface area contributed by atoms with Gasteiger partial charge in [0.2, 0.25) is 0 Å². The maximum atomic E-state index is 6.80. The zero-order chi connectivity index (χ0) is 21.9. The Morgan fingerprint density at radius 1 is 1.10 bits per heavy atom. The smallest absolute Gasteiger partial charge is 0.131 e. The van der Waals surface area contributed by atoms with Gasteiger partial charge in [-0.25, -0.2) is 0 Å². The molecule has 1 aliphatic carbocycles. The first kappa shape index (κ1) is 20.2. The molecule has 3 aliphatic rings. The Morgan fingerprint density at radius 3 is 2.65 bits per heavy atom. The molecule has 0 aromatic heterocycles. The van der Waals surface area contributed by atoms with Gasteiger partial charge in [0.1, 0.15) is 17.6 Å². The Hall–Kier alpha value is -2.68. The van der Waals surface area contributed by atoms with Gasteiger partial charge in [-0.15, -0.1) is 0 Å². The average Bonchev–Trinajstić information content (AvgIpc) is 2.75. The molecule has 0 saturated heterocycles. The quantitative estimate of drug-likeness (QED) is 0.485. The average molecular weight is 416 g/mol. The van der Waals surface area contributed by atoms with Crippen LogP contribution in [0.25, 0.3) is 16.7 Å². The molecule has 162 valence electrons. The van der Waals surface area contributed by atoms with E-state index in [1.165, 1.54) is 52.8 Å². The zero-order valence-electron chi connectivity index (χ0n) is 19.6. The van der Waals surface area contributed by atoms with Gasteiger partial charge in [0.05, 0.1) is 12.6 Å². The summed E-state index contributed by atoms with van der Waals surface area (Å²) >= 11 is 0. The Morgan fingerprint density at radius 2 is 1.90 bits per heavy atom. The molecule has 2 aliphatic heterocycles. The lowest BCUT2D eigenvalue weighted by Crippen LogP contribution is -2.42. The SMILES string of the molecule is COc1ccc2c(c1)-c1ccc3c(c1C(C1C=C(C)CCC1)O2)C(C)=CC(C)(C)N3C. The van der Waals surface area contributed by atoms with Crippen molar-refractivity contribution in [2.24, 2.45) is 5.92 Å². The first-order valence-corrected chi connectivity index (χ1v) is 11.4. The minimum Gasteiger partial charge on any atom is -0.497 e. The summed E-state index contributed by atoms with van der Waals surface area (Å²) in [7, 11) is 3.93. The van der Waals surface area contributed by atoms with Crippen LogP contribution >= 0.6 is 0 Å². The van der Waals surface area contributed by atoms with Crippen LogP contribution in [0.3, 0.4) is 0 Å². The van der Waals surface area contributed by atoms with E-state index in [2.05, 4.69) is 76.1 Å². The summed E-state index contributed by atoms with van der Waals surface area (Å²) in [6.45, 7) is 9.07. The lowest BCUT2D eigenvalue weighted by Gasteiger charge is -2.44. The number of benzene rings is 2. The highest BCUT2D eigenvalue weighted by Gasteiger charge is 2.38. The summed E-state index contributed by atoms with van der Waals surface area (Å²) in [5, 5.41) is 0. The number of rotatable bonds is 2. The summed E-state index contributed by atoms with van der Waals surface area (Å²) in [6, 6.07) is 10.8. The summed E-state index contributed by atoms with van der Waals surface area (Å²) in [5.41, 5.74) is 9.19. The molecule has 0 saturated carbocycles. The van der Waals surface area contributed by atoms with Crippen molar-refractivity contribution >= 4 is 11.3 Å². The maximum Gasteiger partial charge on any atom is 0.131 e. The summed E-state index contributed by atoms with van der Waals surface area (Å²) in [4.78, 5) is 2.40.